The average Bonchev–Trinajstić information content (AvgIpc) is 2.68. The van der Waals surface area contributed by atoms with Gasteiger partial charge in [0.15, 0.2) is 0 Å². The Labute approximate surface area is 155 Å². The average molecular weight is 375 g/mol. The van der Waals surface area contributed by atoms with Crippen molar-refractivity contribution >= 4 is 10.0 Å². The second-order valence-corrected chi connectivity index (χ2v) is 8.53. The van der Waals surface area contributed by atoms with Gasteiger partial charge in [-0.2, -0.15) is 0 Å². The van der Waals surface area contributed by atoms with Crippen molar-refractivity contribution in [3.63, 3.8) is 0 Å². The monoisotopic (exact) mass is 375 g/mol. The van der Waals surface area contributed by atoms with Gasteiger partial charge in [0.2, 0.25) is 10.0 Å². The van der Waals surface area contributed by atoms with Gasteiger partial charge in [0.1, 0.15) is 17.6 Å². The minimum atomic E-state index is -3.23. The number of benzene rings is 2. The summed E-state index contributed by atoms with van der Waals surface area (Å²) in [6.45, 7) is 1.02. The summed E-state index contributed by atoms with van der Waals surface area (Å²) in [5.74, 6) is 1.73. The lowest BCUT2D eigenvalue weighted by molar-refractivity contribution is 0.135. The Kier molecular flexibility index (Phi) is 6.16. The fourth-order valence-corrected chi connectivity index (χ4v) is 4.61. The SMILES string of the molecule is COc1ccc(OC2CCN(S(=O)(=O)CCc3ccccc3)CC2)cc1. The Morgan fingerprint density at radius 2 is 1.58 bits per heavy atom. The van der Waals surface area contributed by atoms with Crippen LogP contribution >= 0.6 is 0 Å². The first-order valence-electron chi connectivity index (χ1n) is 8.89. The zero-order valence-electron chi connectivity index (χ0n) is 15.0. The predicted molar refractivity (Wildman–Crippen MR) is 102 cm³/mol. The van der Waals surface area contributed by atoms with Crippen LogP contribution in [0.15, 0.2) is 54.6 Å². The quantitative estimate of drug-likeness (QED) is 0.746. The summed E-state index contributed by atoms with van der Waals surface area (Å²) in [7, 11) is -1.60. The van der Waals surface area contributed by atoms with Gasteiger partial charge in [-0.1, -0.05) is 30.3 Å². The third-order valence-electron chi connectivity index (χ3n) is 4.65. The lowest BCUT2D eigenvalue weighted by Crippen LogP contribution is -2.42. The van der Waals surface area contributed by atoms with Crippen LogP contribution in [0.4, 0.5) is 0 Å². The van der Waals surface area contributed by atoms with E-state index in [4.69, 9.17) is 9.47 Å². The molecule has 0 bridgehead atoms. The van der Waals surface area contributed by atoms with E-state index >= 15 is 0 Å². The molecule has 0 atom stereocenters. The largest absolute Gasteiger partial charge is 0.497 e. The molecule has 0 aliphatic carbocycles. The standard InChI is InChI=1S/C20H25NO4S/c1-24-18-7-9-19(10-8-18)25-20-11-14-21(15-12-20)26(22,23)16-13-17-5-3-2-4-6-17/h2-10,20H,11-16H2,1H3. The van der Waals surface area contributed by atoms with Gasteiger partial charge in [0.05, 0.1) is 12.9 Å². The highest BCUT2D eigenvalue weighted by molar-refractivity contribution is 7.89. The molecule has 5 nitrogen and oxygen atoms in total. The summed E-state index contributed by atoms with van der Waals surface area (Å²) in [6, 6.07) is 17.2. The Bertz CT molecular complexity index is 782. The molecule has 1 aliphatic heterocycles. The Morgan fingerprint density at radius 3 is 2.19 bits per heavy atom. The van der Waals surface area contributed by atoms with Gasteiger partial charge >= 0.3 is 0 Å². The summed E-state index contributed by atoms with van der Waals surface area (Å²) in [4.78, 5) is 0. The summed E-state index contributed by atoms with van der Waals surface area (Å²) in [6.07, 6.45) is 2.00. The number of hydrogen-bond donors (Lipinski definition) is 0. The molecular weight excluding hydrogens is 350 g/mol. The van der Waals surface area contributed by atoms with E-state index < -0.39 is 10.0 Å². The third kappa shape index (κ3) is 4.99. The lowest BCUT2D eigenvalue weighted by atomic mass is 10.1. The van der Waals surface area contributed by atoms with Crippen molar-refractivity contribution in [2.24, 2.45) is 0 Å². The summed E-state index contributed by atoms with van der Waals surface area (Å²) >= 11 is 0. The molecule has 1 aliphatic rings. The van der Waals surface area contributed by atoms with Crippen LogP contribution in [0.1, 0.15) is 18.4 Å². The molecule has 2 aromatic rings. The van der Waals surface area contributed by atoms with Gasteiger partial charge in [-0.3, -0.25) is 0 Å². The van der Waals surface area contributed by atoms with Gasteiger partial charge in [0, 0.05) is 13.1 Å². The van der Waals surface area contributed by atoms with E-state index in [2.05, 4.69) is 0 Å². The predicted octanol–water partition coefficient (Wildman–Crippen LogP) is 3.11. The van der Waals surface area contributed by atoms with Crippen molar-refractivity contribution in [1.29, 1.82) is 0 Å². The molecule has 1 fully saturated rings. The van der Waals surface area contributed by atoms with Crippen LogP contribution in [-0.4, -0.2) is 44.8 Å². The number of sulfonamides is 1. The van der Waals surface area contributed by atoms with E-state index in [9.17, 15) is 8.42 Å². The van der Waals surface area contributed by atoms with E-state index in [0.717, 1.165) is 17.1 Å². The van der Waals surface area contributed by atoms with Crippen LogP contribution in [0.25, 0.3) is 0 Å². The number of aryl methyl sites for hydroxylation is 1. The molecule has 1 heterocycles. The Hall–Kier alpha value is -2.05. The topological polar surface area (TPSA) is 55.8 Å². The molecule has 0 N–H and O–H groups in total. The highest BCUT2D eigenvalue weighted by atomic mass is 32.2. The minimum Gasteiger partial charge on any atom is -0.497 e. The van der Waals surface area contributed by atoms with Crippen molar-refractivity contribution in [2.45, 2.75) is 25.4 Å². The third-order valence-corrected chi connectivity index (χ3v) is 6.52. The second-order valence-electron chi connectivity index (χ2n) is 6.44. The van der Waals surface area contributed by atoms with Crippen molar-refractivity contribution in [1.82, 2.24) is 4.31 Å². The first-order valence-corrected chi connectivity index (χ1v) is 10.5. The van der Waals surface area contributed by atoms with Gasteiger partial charge in [-0.05, 0) is 49.1 Å². The zero-order valence-corrected chi connectivity index (χ0v) is 15.8. The van der Waals surface area contributed by atoms with Gasteiger partial charge < -0.3 is 9.47 Å². The van der Waals surface area contributed by atoms with Gasteiger partial charge in [-0.25, -0.2) is 12.7 Å². The summed E-state index contributed by atoms with van der Waals surface area (Å²) < 4.78 is 37.8. The number of rotatable bonds is 7. The van der Waals surface area contributed by atoms with Gasteiger partial charge in [0.25, 0.3) is 0 Å². The first-order chi connectivity index (χ1) is 12.6. The van der Waals surface area contributed by atoms with E-state index in [1.165, 1.54) is 0 Å². The van der Waals surface area contributed by atoms with Gasteiger partial charge in [-0.15, -0.1) is 0 Å². The number of piperidine rings is 1. The van der Waals surface area contributed by atoms with Crippen LogP contribution in [0.3, 0.4) is 0 Å². The summed E-state index contributed by atoms with van der Waals surface area (Å²) in [5, 5.41) is 0. The second kappa shape index (κ2) is 8.56. The molecule has 0 saturated carbocycles. The number of nitrogens with zero attached hydrogens (tertiary/aromatic N) is 1. The normalized spacial score (nSPS) is 16.3. The lowest BCUT2D eigenvalue weighted by Gasteiger charge is -2.31. The summed E-state index contributed by atoms with van der Waals surface area (Å²) in [5.41, 5.74) is 1.05. The Balaban J connectivity index is 1.49. The van der Waals surface area contributed by atoms with Crippen LogP contribution in [-0.2, 0) is 16.4 Å². The maximum atomic E-state index is 12.6. The number of ether oxygens (including phenoxy) is 2. The molecule has 0 aromatic heterocycles. The number of hydrogen-bond acceptors (Lipinski definition) is 4. The van der Waals surface area contributed by atoms with Crippen LogP contribution < -0.4 is 9.47 Å². The maximum Gasteiger partial charge on any atom is 0.214 e. The fraction of sp³-hybridized carbons (Fsp3) is 0.400. The molecule has 6 heteroatoms. The van der Waals surface area contributed by atoms with Crippen molar-refractivity contribution in [3.8, 4) is 11.5 Å². The fourth-order valence-electron chi connectivity index (χ4n) is 3.10. The first kappa shape index (κ1) is 18.7. The van der Waals surface area contributed by atoms with E-state index in [0.29, 0.717) is 32.4 Å². The van der Waals surface area contributed by atoms with Crippen molar-refractivity contribution in [3.05, 3.63) is 60.2 Å². The molecule has 1 saturated heterocycles. The smallest absolute Gasteiger partial charge is 0.214 e. The van der Waals surface area contributed by atoms with Crippen LogP contribution in [0, 0.1) is 0 Å². The molecule has 140 valence electrons. The molecule has 0 unspecified atom stereocenters. The molecule has 0 amide bonds. The molecule has 0 spiro atoms. The minimum absolute atomic E-state index is 0.0453. The molecule has 26 heavy (non-hydrogen) atoms. The van der Waals surface area contributed by atoms with Crippen LogP contribution in [0.5, 0.6) is 11.5 Å². The van der Waals surface area contributed by atoms with Crippen LogP contribution in [0.2, 0.25) is 0 Å². The molecular formula is C20H25NO4S. The highest BCUT2D eigenvalue weighted by Crippen LogP contribution is 2.23. The zero-order chi connectivity index (χ0) is 18.4. The maximum absolute atomic E-state index is 12.6. The number of methoxy groups -OCH3 is 1. The van der Waals surface area contributed by atoms with E-state index in [1.807, 2.05) is 54.6 Å². The van der Waals surface area contributed by atoms with Crippen molar-refractivity contribution < 1.29 is 17.9 Å². The molecule has 3 rings (SSSR count). The highest BCUT2D eigenvalue weighted by Gasteiger charge is 2.28. The van der Waals surface area contributed by atoms with E-state index in [-0.39, 0.29) is 11.9 Å². The molecule has 2 aromatic carbocycles. The van der Waals surface area contributed by atoms with Crippen molar-refractivity contribution in [2.75, 3.05) is 26.0 Å². The Morgan fingerprint density at radius 1 is 0.962 bits per heavy atom. The molecule has 0 radical (unpaired) electrons. The van der Waals surface area contributed by atoms with E-state index in [1.54, 1.807) is 11.4 Å².